The van der Waals surface area contributed by atoms with Gasteiger partial charge in [-0.15, -0.1) is 11.8 Å². The lowest BCUT2D eigenvalue weighted by Gasteiger charge is -2.35. The Morgan fingerprint density at radius 2 is 2.06 bits per heavy atom. The number of aryl methyl sites for hydroxylation is 2. The Bertz CT molecular complexity index is 944. The lowest BCUT2D eigenvalue weighted by molar-refractivity contribution is -0.139. The molecule has 174 valence electrons. The molecule has 2 bridgehead atoms. The van der Waals surface area contributed by atoms with Crippen molar-refractivity contribution in [3.63, 3.8) is 0 Å². The zero-order chi connectivity index (χ0) is 23.2. The van der Waals surface area contributed by atoms with Crippen molar-refractivity contribution in [2.45, 2.75) is 54.5 Å². The maximum absolute atomic E-state index is 13.7. The molecule has 1 aromatic carbocycles. The number of amides is 3. The Morgan fingerprint density at radius 1 is 1.31 bits per heavy atom. The molecule has 1 spiro atoms. The lowest BCUT2D eigenvalue weighted by atomic mass is 9.70. The number of alkyl halides is 1. The largest absolute Gasteiger partial charge is 0.395 e. The number of aliphatic hydroxyl groups excluding tert-OH is 1. The molecule has 3 fully saturated rings. The van der Waals surface area contributed by atoms with Gasteiger partial charge in [0, 0.05) is 28.9 Å². The van der Waals surface area contributed by atoms with Gasteiger partial charge in [0.25, 0.3) is 0 Å². The van der Waals surface area contributed by atoms with Crippen LogP contribution in [0, 0.1) is 25.7 Å². The maximum atomic E-state index is 13.7. The fraction of sp³-hybridized carbons (Fsp3) is 0.609. The number of β-amino-alcohol motifs (C(OH)–C–C–N with tert-alkyl or cyclic N) is 1. The van der Waals surface area contributed by atoms with Gasteiger partial charge in [-0.2, -0.15) is 0 Å². The lowest BCUT2D eigenvalue weighted by Crippen LogP contribution is -2.53. The van der Waals surface area contributed by atoms with Crippen LogP contribution in [0.5, 0.6) is 0 Å². The minimum absolute atomic E-state index is 0.0407. The van der Waals surface area contributed by atoms with Crippen molar-refractivity contribution in [2.75, 3.05) is 25.0 Å². The highest BCUT2D eigenvalue weighted by atomic mass is 79.9. The zero-order valence-corrected chi connectivity index (χ0v) is 21.0. The van der Waals surface area contributed by atoms with E-state index < -0.39 is 22.6 Å². The highest BCUT2D eigenvalue weighted by Gasteiger charge is 2.75. The molecule has 0 radical (unpaired) electrons. The van der Waals surface area contributed by atoms with Gasteiger partial charge in [-0.05, 0) is 43.9 Å². The minimum atomic E-state index is -0.744. The molecule has 6 atom stereocenters. The second-order valence-corrected chi connectivity index (χ2v) is 11.7. The normalized spacial score (nSPS) is 32.8. The molecule has 4 rings (SSSR count). The van der Waals surface area contributed by atoms with E-state index in [1.165, 1.54) is 4.90 Å². The zero-order valence-electron chi connectivity index (χ0n) is 18.6. The number of halogens is 1. The van der Waals surface area contributed by atoms with Crippen molar-refractivity contribution < 1.29 is 19.5 Å². The third-order valence-electron chi connectivity index (χ3n) is 6.88. The molecular weight excluding hydrogens is 494 g/mol. The van der Waals surface area contributed by atoms with Crippen LogP contribution in [0.3, 0.4) is 0 Å². The van der Waals surface area contributed by atoms with Crippen LogP contribution in [0.15, 0.2) is 18.2 Å². The van der Waals surface area contributed by atoms with Gasteiger partial charge in [0.05, 0.1) is 23.2 Å². The van der Waals surface area contributed by atoms with Crippen LogP contribution in [-0.2, 0) is 14.4 Å². The fourth-order valence-electron chi connectivity index (χ4n) is 5.52. The topological polar surface area (TPSA) is 98.7 Å². The van der Waals surface area contributed by atoms with Crippen molar-refractivity contribution in [3.8, 4) is 0 Å². The Morgan fingerprint density at radius 3 is 2.75 bits per heavy atom. The second kappa shape index (κ2) is 8.99. The number of hydrogen-bond acceptors (Lipinski definition) is 5. The number of carbonyl (C=O) groups is 3. The Hall–Kier alpha value is -1.58. The first-order valence-corrected chi connectivity index (χ1v) is 12.9. The van der Waals surface area contributed by atoms with E-state index in [0.717, 1.165) is 23.2 Å². The van der Waals surface area contributed by atoms with Crippen molar-refractivity contribution >= 4 is 51.1 Å². The molecule has 0 saturated carbocycles. The van der Waals surface area contributed by atoms with Gasteiger partial charge in [-0.1, -0.05) is 35.0 Å². The first kappa shape index (κ1) is 23.6. The summed E-state index contributed by atoms with van der Waals surface area (Å²) in [7, 11) is 0. The first-order chi connectivity index (χ1) is 15.2. The van der Waals surface area contributed by atoms with Crippen LogP contribution in [0.25, 0.3) is 0 Å². The minimum Gasteiger partial charge on any atom is -0.395 e. The van der Waals surface area contributed by atoms with Crippen molar-refractivity contribution in [1.82, 2.24) is 10.2 Å². The number of anilines is 1. The van der Waals surface area contributed by atoms with E-state index in [4.69, 9.17) is 0 Å². The number of carbonyl (C=O) groups excluding carboxylic acids is 3. The summed E-state index contributed by atoms with van der Waals surface area (Å²) in [5.74, 6) is -1.63. The van der Waals surface area contributed by atoms with Crippen molar-refractivity contribution in [2.24, 2.45) is 11.8 Å². The molecule has 3 aliphatic rings. The van der Waals surface area contributed by atoms with Crippen molar-refractivity contribution in [3.05, 3.63) is 29.3 Å². The number of fused-ring (bicyclic) bond motifs is 1. The number of nitrogens with one attached hydrogen (secondary N) is 2. The molecule has 3 amide bonds. The number of likely N-dealkylation sites (tertiary alicyclic amines) is 1. The van der Waals surface area contributed by atoms with E-state index in [0.29, 0.717) is 13.0 Å². The highest BCUT2D eigenvalue weighted by Crippen LogP contribution is 2.67. The summed E-state index contributed by atoms with van der Waals surface area (Å²) in [5, 5.41) is 15.6. The summed E-state index contributed by atoms with van der Waals surface area (Å²) in [6, 6.07) is 5.12. The molecule has 3 heterocycles. The van der Waals surface area contributed by atoms with Gasteiger partial charge in [0.1, 0.15) is 6.04 Å². The summed E-state index contributed by atoms with van der Waals surface area (Å²) in [5.41, 5.74) is 2.69. The summed E-state index contributed by atoms with van der Waals surface area (Å²) in [6.07, 6.45) is 1.44. The second-order valence-electron chi connectivity index (χ2n) is 9.02. The molecule has 0 aliphatic carbocycles. The monoisotopic (exact) mass is 523 g/mol. The van der Waals surface area contributed by atoms with Crippen LogP contribution in [0.2, 0.25) is 0 Å². The molecule has 1 aromatic rings. The number of aliphatic hydroxyl groups is 1. The molecule has 32 heavy (non-hydrogen) atoms. The molecule has 9 heteroatoms. The van der Waals surface area contributed by atoms with E-state index in [2.05, 4.69) is 26.6 Å². The third-order valence-corrected chi connectivity index (χ3v) is 10.1. The van der Waals surface area contributed by atoms with E-state index in [9.17, 15) is 19.5 Å². The third kappa shape index (κ3) is 3.66. The summed E-state index contributed by atoms with van der Waals surface area (Å²) in [4.78, 5) is 41.9. The molecule has 7 nitrogen and oxygen atoms in total. The number of benzene rings is 1. The quantitative estimate of drug-likeness (QED) is 0.476. The Balaban J connectivity index is 1.70. The van der Waals surface area contributed by atoms with Gasteiger partial charge in [0.15, 0.2) is 0 Å². The Kier molecular flexibility index (Phi) is 6.62. The predicted octanol–water partition coefficient (Wildman–Crippen LogP) is 2.23. The predicted molar refractivity (Wildman–Crippen MR) is 129 cm³/mol. The molecule has 3 saturated heterocycles. The molecule has 3 unspecified atom stereocenters. The van der Waals surface area contributed by atoms with Gasteiger partial charge >= 0.3 is 0 Å². The van der Waals surface area contributed by atoms with E-state index in [1.807, 2.05) is 39.0 Å². The number of nitrogens with zero attached hydrogens (tertiary/aromatic N) is 1. The standard InChI is InChI=1S/C23H30BrN3O4S/c1-4-7-25-20(29)16-17-22(31)27(8-9-28)19(23(17)11-14(24)18(16)32-23)21(30)26-15-10-12(2)5-6-13(15)3/h5-6,10,14,16-19,28H,4,7-9,11H2,1-3H3,(H,25,29)(H,26,30)/t14?,16-,17-,18-,19?,23?/m0/s1. The molecular formula is C23H30BrN3O4S. The average molecular weight is 524 g/mol. The smallest absolute Gasteiger partial charge is 0.248 e. The van der Waals surface area contributed by atoms with Crippen LogP contribution >= 0.6 is 27.7 Å². The van der Waals surface area contributed by atoms with Crippen LogP contribution in [0.4, 0.5) is 5.69 Å². The number of thioether (sulfide) groups is 1. The summed E-state index contributed by atoms with van der Waals surface area (Å²) in [6.45, 7) is 6.28. The van der Waals surface area contributed by atoms with Gasteiger partial charge in [-0.3, -0.25) is 14.4 Å². The maximum Gasteiger partial charge on any atom is 0.248 e. The SMILES string of the molecule is CCCNC(=O)[C@H]1[C@H]2C(=O)N(CCO)C(C(=O)Nc3cc(C)ccc3C)C23CC(Br)[C@@H]1S3. The first-order valence-electron chi connectivity index (χ1n) is 11.1. The molecule has 0 aromatic heterocycles. The highest BCUT2D eigenvalue weighted by molar-refractivity contribution is 9.09. The van der Waals surface area contributed by atoms with E-state index >= 15 is 0 Å². The number of hydrogen-bond donors (Lipinski definition) is 3. The van der Waals surface area contributed by atoms with Crippen LogP contribution in [0.1, 0.15) is 30.9 Å². The van der Waals surface area contributed by atoms with Gasteiger partial charge in [0.2, 0.25) is 17.7 Å². The number of rotatable bonds is 7. The summed E-state index contributed by atoms with van der Waals surface area (Å²) < 4.78 is -0.693. The van der Waals surface area contributed by atoms with Crippen LogP contribution < -0.4 is 10.6 Å². The van der Waals surface area contributed by atoms with E-state index in [1.54, 1.807) is 11.8 Å². The molecule has 3 aliphatic heterocycles. The van der Waals surface area contributed by atoms with Crippen molar-refractivity contribution in [1.29, 1.82) is 0 Å². The van der Waals surface area contributed by atoms with E-state index in [-0.39, 0.29) is 41.0 Å². The summed E-state index contributed by atoms with van der Waals surface area (Å²) >= 11 is 5.34. The van der Waals surface area contributed by atoms with Gasteiger partial charge in [-0.25, -0.2) is 0 Å². The van der Waals surface area contributed by atoms with Gasteiger partial charge < -0.3 is 20.6 Å². The fourth-order valence-corrected chi connectivity index (χ4v) is 9.13. The Labute approximate surface area is 201 Å². The van der Waals surface area contributed by atoms with Crippen LogP contribution in [-0.4, -0.2) is 68.3 Å². The average Bonchev–Trinajstić information content (AvgIpc) is 3.33. The molecule has 3 N–H and O–H groups in total.